The first-order chi connectivity index (χ1) is 13.0. The van der Waals surface area contributed by atoms with Crippen LogP contribution in [0.15, 0.2) is 63.3 Å². The minimum absolute atomic E-state index is 0.152. The molecule has 1 unspecified atom stereocenters. The number of hydrogen-bond acceptors (Lipinski definition) is 5. The van der Waals surface area contributed by atoms with Gasteiger partial charge in [-0.05, 0) is 29.8 Å². The second-order valence-electron chi connectivity index (χ2n) is 6.19. The summed E-state index contributed by atoms with van der Waals surface area (Å²) in [7, 11) is 1.53. The number of furan rings is 1. The molecular formula is C18H16ClN5O3. The molecule has 9 heteroatoms. The van der Waals surface area contributed by atoms with Gasteiger partial charge in [-0.15, -0.1) is 0 Å². The van der Waals surface area contributed by atoms with Crippen LogP contribution in [0.3, 0.4) is 0 Å². The Morgan fingerprint density at radius 3 is 2.70 bits per heavy atom. The van der Waals surface area contributed by atoms with Gasteiger partial charge in [0.05, 0.1) is 12.0 Å². The highest BCUT2D eigenvalue weighted by atomic mass is 35.5. The number of aryl methyl sites for hydroxylation is 1. The van der Waals surface area contributed by atoms with Crippen molar-refractivity contribution in [3.63, 3.8) is 0 Å². The normalized spacial score (nSPS) is 16.6. The Morgan fingerprint density at radius 1 is 1.30 bits per heavy atom. The van der Waals surface area contributed by atoms with Gasteiger partial charge < -0.3 is 4.42 Å². The average Bonchev–Trinajstić information content (AvgIpc) is 3.39. The van der Waals surface area contributed by atoms with Crippen LogP contribution in [0.4, 0.5) is 0 Å². The smallest absolute Gasteiger partial charge is 0.345 e. The number of rotatable bonds is 4. The lowest BCUT2D eigenvalue weighted by Crippen LogP contribution is -2.33. The van der Waals surface area contributed by atoms with Crippen LogP contribution in [0, 0.1) is 0 Å². The van der Waals surface area contributed by atoms with Crippen molar-refractivity contribution in [3.8, 4) is 0 Å². The second kappa shape index (κ2) is 6.88. The Morgan fingerprint density at radius 2 is 2.07 bits per heavy atom. The standard InChI is InChI=1S/C18H16ClN5O3/c1-22-18(26)23(11-20-22)10-17(25)24-15(16-3-2-8-27-16)9-14(21-24)12-4-6-13(19)7-5-12/h2-8,11,15H,9-10H2,1H3. The van der Waals surface area contributed by atoms with Crippen LogP contribution in [0.5, 0.6) is 0 Å². The van der Waals surface area contributed by atoms with Crippen molar-refractivity contribution in [1.29, 1.82) is 0 Å². The lowest BCUT2D eigenvalue weighted by atomic mass is 10.0. The Labute approximate surface area is 159 Å². The number of amides is 1. The highest BCUT2D eigenvalue weighted by Gasteiger charge is 2.35. The number of halogens is 1. The first-order valence-corrected chi connectivity index (χ1v) is 8.68. The zero-order chi connectivity index (χ0) is 19.0. The molecular weight excluding hydrogens is 370 g/mol. The minimum Gasteiger partial charge on any atom is -0.467 e. The average molecular weight is 386 g/mol. The van der Waals surface area contributed by atoms with Gasteiger partial charge in [-0.3, -0.25) is 9.36 Å². The molecule has 4 rings (SSSR count). The van der Waals surface area contributed by atoms with Gasteiger partial charge in [-0.1, -0.05) is 23.7 Å². The maximum atomic E-state index is 12.9. The van der Waals surface area contributed by atoms with Crippen molar-refractivity contribution >= 4 is 23.2 Å². The van der Waals surface area contributed by atoms with Gasteiger partial charge >= 0.3 is 5.69 Å². The zero-order valence-corrected chi connectivity index (χ0v) is 15.2. The van der Waals surface area contributed by atoms with Gasteiger partial charge in [-0.2, -0.15) is 10.2 Å². The Bertz CT molecular complexity index is 1050. The largest absolute Gasteiger partial charge is 0.467 e. The monoisotopic (exact) mass is 385 g/mol. The highest BCUT2D eigenvalue weighted by molar-refractivity contribution is 6.30. The van der Waals surface area contributed by atoms with Crippen LogP contribution in [0.25, 0.3) is 0 Å². The zero-order valence-electron chi connectivity index (χ0n) is 14.4. The minimum atomic E-state index is -0.370. The summed E-state index contributed by atoms with van der Waals surface area (Å²) in [6.45, 7) is -0.152. The van der Waals surface area contributed by atoms with Gasteiger partial charge in [0, 0.05) is 18.5 Å². The molecule has 0 saturated carbocycles. The second-order valence-corrected chi connectivity index (χ2v) is 6.63. The molecule has 27 heavy (non-hydrogen) atoms. The van der Waals surface area contributed by atoms with E-state index in [9.17, 15) is 9.59 Å². The van der Waals surface area contributed by atoms with E-state index in [1.165, 1.54) is 27.6 Å². The Hall–Kier alpha value is -3.13. The fourth-order valence-electron chi connectivity index (χ4n) is 3.01. The van der Waals surface area contributed by atoms with Crippen molar-refractivity contribution in [1.82, 2.24) is 19.4 Å². The van der Waals surface area contributed by atoms with Gasteiger partial charge in [0.2, 0.25) is 0 Å². The summed E-state index contributed by atoms with van der Waals surface area (Å²) < 4.78 is 7.92. The van der Waals surface area contributed by atoms with E-state index in [2.05, 4.69) is 10.2 Å². The number of carbonyl (C=O) groups is 1. The van der Waals surface area contributed by atoms with E-state index in [0.29, 0.717) is 17.2 Å². The molecule has 138 valence electrons. The van der Waals surface area contributed by atoms with E-state index in [0.717, 1.165) is 11.3 Å². The lowest BCUT2D eigenvalue weighted by Gasteiger charge is -2.19. The van der Waals surface area contributed by atoms with Gasteiger partial charge in [0.15, 0.2) is 0 Å². The Balaban J connectivity index is 1.65. The molecule has 1 amide bonds. The third kappa shape index (κ3) is 3.31. The maximum Gasteiger partial charge on any atom is 0.345 e. The van der Waals surface area contributed by atoms with Crippen molar-refractivity contribution in [2.45, 2.75) is 19.0 Å². The van der Waals surface area contributed by atoms with Crippen LogP contribution in [-0.2, 0) is 18.4 Å². The quantitative estimate of drug-likeness (QED) is 0.689. The fraction of sp³-hybridized carbons (Fsp3) is 0.222. The summed E-state index contributed by atoms with van der Waals surface area (Å²) >= 11 is 5.95. The van der Waals surface area contributed by atoms with Gasteiger partial charge in [-0.25, -0.2) is 14.5 Å². The molecule has 8 nitrogen and oxygen atoms in total. The first-order valence-electron chi connectivity index (χ1n) is 8.30. The maximum absolute atomic E-state index is 12.9. The number of aromatic nitrogens is 3. The molecule has 3 heterocycles. The molecule has 1 aliphatic rings. The molecule has 1 aliphatic heterocycles. The van der Waals surface area contributed by atoms with E-state index >= 15 is 0 Å². The number of hydrogen-bond donors (Lipinski definition) is 0. The summed E-state index contributed by atoms with van der Waals surface area (Å²) in [5.41, 5.74) is 1.27. The van der Waals surface area contributed by atoms with Crippen LogP contribution < -0.4 is 5.69 Å². The van der Waals surface area contributed by atoms with Gasteiger partial charge in [0.25, 0.3) is 5.91 Å². The summed E-state index contributed by atoms with van der Waals surface area (Å²) in [6, 6.07) is 10.5. The van der Waals surface area contributed by atoms with Crippen LogP contribution >= 0.6 is 11.6 Å². The van der Waals surface area contributed by atoms with E-state index < -0.39 is 0 Å². The van der Waals surface area contributed by atoms with E-state index in [-0.39, 0.29) is 24.2 Å². The molecule has 1 aromatic carbocycles. The Kier molecular flexibility index (Phi) is 4.41. The number of nitrogens with zero attached hydrogens (tertiary/aromatic N) is 5. The number of hydrazone groups is 1. The number of benzene rings is 1. The van der Waals surface area contributed by atoms with Crippen molar-refractivity contribution < 1.29 is 9.21 Å². The van der Waals surface area contributed by atoms with E-state index in [1.807, 2.05) is 18.2 Å². The molecule has 1 atom stereocenters. The predicted octanol–water partition coefficient (Wildman–Crippen LogP) is 2.21. The molecule has 0 saturated heterocycles. The van der Waals surface area contributed by atoms with Crippen molar-refractivity contribution in [3.05, 3.63) is 75.8 Å². The van der Waals surface area contributed by atoms with Crippen LogP contribution in [0.2, 0.25) is 5.02 Å². The third-order valence-corrected chi connectivity index (χ3v) is 4.66. The summed E-state index contributed by atoms with van der Waals surface area (Å²) in [4.78, 5) is 24.8. The predicted molar refractivity (Wildman–Crippen MR) is 98.4 cm³/mol. The fourth-order valence-corrected chi connectivity index (χ4v) is 3.14. The first kappa shape index (κ1) is 17.3. The molecule has 0 N–H and O–H groups in total. The van der Waals surface area contributed by atoms with Crippen LogP contribution in [-0.4, -0.2) is 31.0 Å². The molecule has 3 aromatic rings. The number of carbonyl (C=O) groups excluding carboxylic acids is 1. The molecule has 0 radical (unpaired) electrons. The highest BCUT2D eigenvalue weighted by Crippen LogP contribution is 2.33. The van der Waals surface area contributed by atoms with Gasteiger partial charge in [0.1, 0.15) is 24.7 Å². The SMILES string of the molecule is Cn1ncn(CC(=O)N2N=C(c3ccc(Cl)cc3)CC2c2ccco2)c1=O. The topological polar surface area (TPSA) is 85.6 Å². The summed E-state index contributed by atoms with van der Waals surface area (Å²) in [5, 5.41) is 10.4. The molecule has 0 aliphatic carbocycles. The molecule has 0 bridgehead atoms. The summed E-state index contributed by atoms with van der Waals surface area (Å²) in [5.74, 6) is 0.310. The molecule has 2 aromatic heterocycles. The van der Waals surface area contributed by atoms with E-state index in [1.54, 1.807) is 24.5 Å². The molecule has 0 fully saturated rings. The van der Waals surface area contributed by atoms with E-state index in [4.69, 9.17) is 16.0 Å². The van der Waals surface area contributed by atoms with Crippen molar-refractivity contribution in [2.24, 2.45) is 12.1 Å². The molecule has 0 spiro atoms. The van der Waals surface area contributed by atoms with Crippen molar-refractivity contribution in [2.75, 3.05) is 0 Å². The lowest BCUT2D eigenvalue weighted by molar-refractivity contribution is -0.134. The summed E-state index contributed by atoms with van der Waals surface area (Å²) in [6.07, 6.45) is 3.40. The third-order valence-electron chi connectivity index (χ3n) is 4.41. The van der Waals surface area contributed by atoms with Crippen LogP contribution in [0.1, 0.15) is 23.8 Å².